The maximum absolute atomic E-state index is 15.5. The van der Waals surface area contributed by atoms with Crippen molar-refractivity contribution in [3.8, 4) is 11.5 Å². The first kappa shape index (κ1) is 23.5. The molecule has 0 bridgehead atoms. The summed E-state index contributed by atoms with van der Waals surface area (Å²) in [6.45, 7) is 9.18. The topological polar surface area (TPSA) is 49.7 Å². The van der Waals surface area contributed by atoms with Crippen molar-refractivity contribution >= 4 is 16.7 Å². The summed E-state index contributed by atoms with van der Waals surface area (Å²) in [5.41, 5.74) is 2.86. The normalized spacial score (nSPS) is 20.6. The molecule has 0 spiro atoms. The first-order valence-corrected chi connectivity index (χ1v) is 13.1. The summed E-state index contributed by atoms with van der Waals surface area (Å²) >= 11 is 0. The first-order chi connectivity index (χ1) is 17.2. The Balaban J connectivity index is 1.31. The van der Waals surface area contributed by atoms with E-state index < -0.39 is 5.41 Å². The highest BCUT2D eigenvalue weighted by Gasteiger charge is 2.51. The highest BCUT2D eigenvalue weighted by molar-refractivity contribution is 5.95. The molecule has 3 aromatic rings. The van der Waals surface area contributed by atoms with Gasteiger partial charge >= 0.3 is 0 Å². The minimum Gasteiger partial charge on any atom is -0.454 e. The number of carbonyl (C=O) groups excluding carboxylic acids is 1. The van der Waals surface area contributed by atoms with Gasteiger partial charge in [-0.05, 0) is 67.1 Å². The molecule has 1 atom stereocenters. The van der Waals surface area contributed by atoms with Crippen molar-refractivity contribution < 1.29 is 23.4 Å². The van der Waals surface area contributed by atoms with Gasteiger partial charge in [0, 0.05) is 42.0 Å². The predicted molar refractivity (Wildman–Crippen MR) is 136 cm³/mol. The van der Waals surface area contributed by atoms with Gasteiger partial charge in [-0.2, -0.15) is 0 Å². The van der Waals surface area contributed by atoms with Gasteiger partial charge < -0.3 is 18.8 Å². The molecule has 190 valence electrons. The van der Waals surface area contributed by atoms with Gasteiger partial charge in [0.1, 0.15) is 11.6 Å². The molecule has 2 aromatic carbocycles. The maximum atomic E-state index is 15.5. The molecule has 36 heavy (non-hydrogen) atoms. The number of ketones is 1. The van der Waals surface area contributed by atoms with Gasteiger partial charge in [-0.3, -0.25) is 4.79 Å². The Morgan fingerprint density at radius 1 is 1.11 bits per heavy atom. The Bertz CT molecular complexity index is 1320. The molecule has 3 aliphatic rings. The van der Waals surface area contributed by atoms with Gasteiger partial charge in [-0.25, -0.2) is 4.39 Å². The van der Waals surface area contributed by atoms with Crippen LogP contribution in [0.4, 0.5) is 4.39 Å². The van der Waals surface area contributed by atoms with E-state index in [0.717, 1.165) is 61.9 Å². The summed E-state index contributed by atoms with van der Waals surface area (Å²) in [6.07, 6.45) is 3.84. The van der Waals surface area contributed by atoms with Crippen LogP contribution in [0.25, 0.3) is 10.9 Å². The lowest BCUT2D eigenvalue weighted by Crippen LogP contribution is -2.25. The third-order valence-electron chi connectivity index (χ3n) is 8.09. The average Bonchev–Trinajstić information content (AvgIpc) is 3.41. The van der Waals surface area contributed by atoms with Crippen LogP contribution >= 0.6 is 0 Å². The van der Waals surface area contributed by atoms with Crippen LogP contribution < -0.4 is 9.47 Å². The summed E-state index contributed by atoms with van der Waals surface area (Å²) in [5.74, 6) is 1.57. The molecule has 1 unspecified atom stereocenters. The Labute approximate surface area is 211 Å². The van der Waals surface area contributed by atoms with Crippen LogP contribution in [-0.2, 0) is 33.3 Å². The highest BCUT2D eigenvalue weighted by atomic mass is 19.1. The second kappa shape index (κ2) is 8.62. The van der Waals surface area contributed by atoms with Crippen molar-refractivity contribution in [2.45, 2.75) is 70.3 Å². The van der Waals surface area contributed by atoms with Crippen molar-refractivity contribution in [2.24, 2.45) is 5.92 Å². The van der Waals surface area contributed by atoms with E-state index in [4.69, 9.17) is 14.2 Å². The molecule has 1 saturated carbocycles. The molecule has 1 saturated heterocycles. The maximum Gasteiger partial charge on any atom is 0.231 e. The van der Waals surface area contributed by atoms with Crippen LogP contribution in [0.3, 0.4) is 0 Å². The van der Waals surface area contributed by atoms with Gasteiger partial charge in [0.25, 0.3) is 0 Å². The van der Waals surface area contributed by atoms with Crippen LogP contribution in [0.15, 0.2) is 36.4 Å². The Kier molecular flexibility index (Phi) is 5.63. The van der Waals surface area contributed by atoms with Crippen LogP contribution in [0.2, 0.25) is 0 Å². The lowest BCUT2D eigenvalue weighted by Gasteiger charge is -2.27. The zero-order chi connectivity index (χ0) is 25.1. The van der Waals surface area contributed by atoms with Crippen LogP contribution in [0.5, 0.6) is 11.5 Å². The van der Waals surface area contributed by atoms with E-state index in [0.29, 0.717) is 23.0 Å². The fourth-order valence-corrected chi connectivity index (χ4v) is 5.88. The molecule has 0 N–H and O–H groups in total. The molecule has 6 rings (SSSR count). The molecule has 1 aliphatic carbocycles. The van der Waals surface area contributed by atoms with E-state index in [1.165, 1.54) is 5.69 Å². The number of benzene rings is 2. The number of rotatable bonds is 6. The molecule has 2 fully saturated rings. The summed E-state index contributed by atoms with van der Waals surface area (Å²) in [7, 11) is 0. The molecule has 5 nitrogen and oxygen atoms in total. The number of carbonyl (C=O) groups is 1. The number of halogens is 1. The van der Waals surface area contributed by atoms with Crippen molar-refractivity contribution in [3.63, 3.8) is 0 Å². The first-order valence-electron chi connectivity index (χ1n) is 13.1. The molecular formula is C30H34FNO4. The molecule has 2 aliphatic heterocycles. The summed E-state index contributed by atoms with van der Waals surface area (Å²) in [5, 5.41) is 0.994. The standard InChI is InChI=1S/C30H34FNO4/c1-29(2,3)27-12-21-11-20(23(31)15-24(21)32(27)16-19-5-4-10-34-17-19)13-28(33)30(8-9-30)22-6-7-25-26(14-22)36-18-35-25/h6-7,11-12,14-15,19H,4-5,8-10,13,16-18H2,1-3H3. The summed E-state index contributed by atoms with van der Waals surface area (Å²) < 4.78 is 34.4. The van der Waals surface area contributed by atoms with Crippen LogP contribution in [0, 0.1) is 11.7 Å². The molecule has 6 heteroatoms. The molecule has 1 aromatic heterocycles. The summed E-state index contributed by atoms with van der Waals surface area (Å²) in [4.78, 5) is 13.5. The lowest BCUT2D eigenvalue weighted by atomic mass is 9.87. The van der Waals surface area contributed by atoms with E-state index in [1.807, 2.05) is 24.3 Å². The van der Waals surface area contributed by atoms with E-state index in [9.17, 15) is 4.79 Å². The number of nitrogens with zero attached hydrogens (tertiary/aromatic N) is 1. The number of aromatic nitrogens is 1. The fourth-order valence-electron chi connectivity index (χ4n) is 5.88. The van der Waals surface area contributed by atoms with Gasteiger partial charge in [0.2, 0.25) is 6.79 Å². The van der Waals surface area contributed by atoms with E-state index in [-0.39, 0.29) is 30.2 Å². The second-order valence-electron chi connectivity index (χ2n) is 11.7. The number of ether oxygens (including phenoxy) is 3. The zero-order valence-corrected chi connectivity index (χ0v) is 21.4. The average molecular weight is 492 g/mol. The molecular weight excluding hydrogens is 457 g/mol. The van der Waals surface area contributed by atoms with E-state index in [1.54, 1.807) is 6.07 Å². The highest BCUT2D eigenvalue weighted by Crippen LogP contribution is 2.51. The van der Waals surface area contributed by atoms with Gasteiger partial charge in [-0.1, -0.05) is 26.8 Å². The number of hydrogen-bond acceptors (Lipinski definition) is 4. The Morgan fingerprint density at radius 2 is 1.92 bits per heavy atom. The third kappa shape index (κ3) is 4.09. The van der Waals surface area contributed by atoms with Crippen LogP contribution in [0.1, 0.15) is 63.3 Å². The van der Waals surface area contributed by atoms with Gasteiger partial charge in [0.05, 0.1) is 17.5 Å². The summed E-state index contributed by atoms with van der Waals surface area (Å²) in [6, 6.07) is 11.4. The monoisotopic (exact) mass is 491 g/mol. The molecule has 3 heterocycles. The molecule has 0 amide bonds. The predicted octanol–water partition coefficient (Wildman–Crippen LogP) is 6.08. The zero-order valence-electron chi connectivity index (χ0n) is 21.4. The lowest BCUT2D eigenvalue weighted by molar-refractivity contribution is -0.120. The SMILES string of the molecule is CC(C)(C)c1cc2cc(CC(=O)C3(c4ccc5c(c4)OCO5)CC3)c(F)cc2n1CC1CCCOC1. The number of fused-ring (bicyclic) bond motifs is 2. The minimum absolute atomic E-state index is 0.0643. The molecule has 0 radical (unpaired) electrons. The van der Waals surface area contributed by atoms with Crippen molar-refractivity contribution in [1.29, 1.82) is 0 Å². The smallest absolute Gasteiger partial charge is 0.231 e. The number of Topliss-reactive ketones (excluding diaryl/α,β-unsaturated/α-hetero) is 1. The van der Waals surface area contributed by atoms with Gasteiger partial charge in [-0.15, -0.1) is 0 Å². The van der Waals surface area contributed by atoms with Crippen molar-refractivity contribution in [2.75, 3.05) is 20.0 Å². The fraction of sp³-hybridized carbons (Fsp3) is 0.500. The van der Waals surface area contributed by atoms with E-state index >= 15 is 4.39 Å². The minimum atomic E-state index is -0.550. The third-order valence-corrected chi connectivity index (χ3v) is 8.09. The van der Waals surface area contributed by atoms with Crippen LogP contribution in [-0.4, -0.2) is 30.4 Å². The van der Waals surface area contributed by atoms with Crippen molar-refractivity contribution in [3.05, 3.63) is 59.0 Å². The quantitative estimate of drug-likeness (QED) is 0.420. The van der Waals surface area contributed by atoms with E-state index in [2.05, 4.69) is 31.4 Å². The van der Waals surface area contributed by atoms with Gasteiger partial charge in [0.15, 0.2) is 11.5 Å². The Hall–Kier alpha value is -2.86. The Morgan fingerprint density at radius 3 is 2.64 bits per heavy atom. The number of hydrogen-bond donors (Lipinski definition) is 0. The largest absolute Gasteiger partial charge is 0.454 e. The second-order valence-corrected chi connectivity index (χ2v) is 11.7. The van der Waals surface area contributed by atoms with Crippen molar-refractivity contribution in [1.82, 2.24) is 4.57 Å².